The van der Waals surface area contributed by atoms with Gasteiger partial charge in [0.05, 0.1) is 12.2 Å². The maximum Gasteiger partial charge on any atom is 0.246 e. The molecule has 0 spiro atoms. The van der Waals surface area contributed by atoms with E-state index in [0.29, 0.717) is 25.1 Å². The van der Waals surface area contributed by atoms with Crippen LogP contribution in [0.2, 0.25) is 0 Å². The third kappa shape index (κ3) is 4.27. The third-order valence-electron chi connectivity index (χ3n) is 4.69. The van der Waals surface area contributed by atoms with E-state index in [1.807, 2.05) is 0 Å². The van der Waals surface area contributed by atoms with E-state index in [9.17, 15) is 22.8 Å². The van der Waals surface area contributed by atoms with E-state index in [-0.39, 0.29) is 30.8 Å². The van der Waals surface area contributed by atoms with Gasteiger partial charge in [0, 0.05) is 30.8 Å². The fourth-order valence-electron chi connectivity index (χ4n) is 3.37. The molecule has 2 aromatic rings. The van der Waals surface area contributed by atoms with E-state index in [4.69, 9.17) is 5.73 Å². The number of benzene rings is 2. The Morgan fingerprint density at radius 3 is 2.39 bits per heavy atom. The Hall–Kier alpha value is -3.03. The number of carbonyl (C=O) groups excluding carboxylic acids is 2. The predicted molar refractivity (Wildman–Crippen MR) is 99.5 cm³/mol. The standard InChI is InChI=1S/C20H20F3N3O2/c21-13-3-5-14(6-4-13)26(11-9-18(24)27)19(28)12-25-10-1-2-15-16(22)7-8-17(23)20(15)25/h3-8H,1-2,9-12H2,(H2,24,27). The van der Waals surface area contributed by atoms with Crippen LogP contribution in [0.1, 0.15) is 18.4 Å². The van der Waals surface area contributed by atoms with Crippen LogP contribution in [0.25, 0.3) is 0 Å². The van der Waals surface area contributed by atoms with E-state index in [1.165, 1.54) is 34.1 Å². The molecule has 0 saturated heterocycles. The summed E-state index contributed by atoms with van der Waals surface area (Å²) in [7, 11) is 0. The smallest absolute Gasteiger partial charge is 0.246 e. The van der Waals surface area contributed by atoms with Crippen molar-refractivity contribution in [3.8, 4) is 0 Å². The van der Waals surface area contributed by atoms with Crippen molar-refractivity contribution in [2.45, 2.75) is 19.3 Å². The highest BCUT2D eigenvalue weighted by Crippen LogP contribution is 2.32. The molecule has 148 valence electrons. The third-order valence-corrected chi connectivity index (χ3v) is 4.69. The van der Waals surface area contributed by atoms with Crippen molar-refractivity contribution in [2.75, 3.05) is 29.4 Å². The zero-order valence-corrected chi connectivity index (χ0v) is 15.1. The highest BCUT2D eigenvalue weighted by Gasteiger charge is 2.27. The predicted octanol–water partition coefficient (Wildman–Crippen LogP) is 2.77. The fourth-order valence-corrected chi connectivity index (χ4v) is 3.37. The Kier molecular flexibility index (Phi) is 5.87. The van der Waals surface area contributed by atoms with Crippen molar-refractivity contribution in [3.05, 3.63) is 59.4 Å². The molecule has 5 nitrogen and oxygen atoms in total. The number of carbonyl (C=O) groups is 2. The summed E-state index contributed by atoms with van der Waals surface area (Å²) in [4.78, 5) is 26.9. The molecular weight excluding hydrogens is 371 g/mol. The zero-order valence-electron chi connectivity index (χ0n) is 15.1. The Balaban J connectivity index is 1.86. The number of anilines is 2. The number of hydrogen-bond donors (Lipinski definition) is 1. The normalized spacial score (nSPS) is 13.2. The molecule has 28 heavy (non-hydrogen) atoms. The first kappa shape index (κ1) is 19.7. The van der Waals surface area contributed by atoms with Crippen LogP contribution in [0.4, 0.5) is 24.5 Å². The SMILES string of the molecule is NC(=O)CCN(C(=O)CN1CCCc2c(F)ccc(F)c21)c1ccc(F)cc1. The number of fused-ring (bicyclic) bond motifs is 1. The van der Waals surface area contributed by atoms with Crippen molar-refractivity contribution >= 4 is 23.2 Å². The molecule has 0 aliphatic carbocycles. The summed E-state index contributed by atoms with van der Waals surface area (Å²) in [5.41, 5.74) is 5.93. The lowest BCUT2D eigenvalue weighted by atomic mass is 10.0. The molecule has 0 radical (unpaired) electrons. The molecule has 0 fully saturated rings. The molecule has 2 aromatic carbocycles. The number of rotatable bonds is 6. The van der Waals surface area contributed by atoms with E-state index < -0.39 is 29.3 Å². The molecule has 0 saturated carbocycles. The van der Waals surface area contributed by atoms with E-state index in [2.05, 4.69) is 0 Å². The lowest BCUT2D eigenvalue weighted by molar-refractivity contribution is -0.118. The molecule has 0 aromatic heterocycles. The fraction of sp³-hybridized carbons (Fsp3) is 0.300. The summed E-state index contributed by atoms with van der Waals surface area (Å²) in [6.07, 6.45) is 0.897. The number of nitrogens with two attached hydrogens (primary N) is 1. The molecule has 2 N–H and O–H groups in total. The van der Waals surface area contributed by atoms with Crippen molar-refractivity contribution in [1.82, 2.24) is 0 Å². The first-order valence-corrected chi connectivity index (χ1v) is 8.93. The second-order valence-corrected chi connectivity index (χ2v) is 6.62. The number of primary amides is 1. The van der Waals surface area contributed by atoms with Crippen LogP contribution in [0.15, 0.2) is 36.4 Å². The quantitative estimate of drug-likeness (QED) is 0.824. The summed E-state index contributed by atoms with van der Waals surface area (Å²) < 4.78 is 41.6. The average Bonchev–Trinajstić information content (AvgIpc) is 2.66. The zero-order chi connectivity index (χ0) is 20.3. The van der Waals surface area contributed by atoms with Gasteiger partial charge in [-0.1, -0.05) is 0 Å². The summed E-state index contributed by atoms with van der Waals surface area (Å²) in [6, 6.07) is 7.35. The Bertz CT molecular complexity index is 887. The van der Waals surface area contributed by atoms with Gasteiger partial charge >= 0.3 is 0 Å². The van der Waals surface area contributed by atoms with Gasteiger partial charge < -0.3 is 15.5 Å². The molecule has 8 heteroatoms. The lowest BCUT2D eigenvalue weighted by Gasteiger charge is -2.33. The van der Waals surface area contributed by atoms with E-state index in [1.54, 1.807) is 0 Å². The largest absolute Gasteiger partial charge is 0.370 e. The van der Waals surface area contributed by atoms with Crippen molar-refractivity contribution < 1.29 is 22.8 Å². The number of nitrogens with zero attached hydrogens (tertiary/aromatic N) is 2. The second-order valence-electron chi connectivity index (χ2n) is 6.62. The summed E-state index contributed by atoms with van der Waals surface area (Å²) in [5, 5.41) is 0. The lowest BCUT2D eigenvalue weighted by Crippen LogP contribution is -2.44. The van der Waals surface area contributed by atoms with Crippen LogP contribution >= 0.6 is 0 Å². The minimum atomic E-state index is -0.589. The van der Waals surface area contributed by atoms with Gasteiger partial charge in [0.2, 0.25) is 11.8 Å². The Morgan fingerprint density at radius 1 is 1.04 bits per heavy atom. The van der Waals surface area contributed by atoms with Gasteiger partial charge in [-0.15, -0.1) is 0 Å². The second kappa shape index (κ2) is 8.33. The minimum Gasteiger partial charge on any atom is -0.370 e. The summed E-state index contributed by atoms with van der Waals surface area (Å²) in [6.45, 7) is 0.196. The molecule has 0 bridgehead atoms. The van der Waals surface area contributed by atoms with Gasteiger partial charge in [0.25, 0.3) is 0 Å². The van der Waals surface area contributed by atoms with Crippen LogP contribution in [0.3, 0.4) is 0 Å². The monoisotopic (exact) mass is 391 g/mol. The summed E-state index contributed by atoms with van der Waals surface area (Å²) in [5.74, 6) is -2.57. The average molecular weight is 391 g/mol. The number of hydrogen-bond acceptors (Lipinski definition) is 3. The molecule has 0 atom stereocenters. The molecule has 1 heterocycles. The van der Waals surface area contributed by atoms with Gasteiger partial charge in [0.15, 0.2) is 0 Å². The van der Waals surface area contributed by atoms with Gasteiger partial charge in [-0.3, -0.25) is 9.59 Å². The number of halogens is 3. The van der Waals surface area contributed by atoms with Gasteiger partial charge in [0.1, 0.15) is 17.5 Å². The Morgan fingerprint density at radius 2 is 1.71 bits per heavy atom. The van der Waals surface area contributed by atoms with Gasteiger partial charge in [-0.25, -0.2) is 13.2 Å². The molecular formula is C20H20F3N3O2. The topological polar surface area (TPSA) is 66.6 Å². The summed E-state index contributed by atoms with van der Waals surface area (Å²) >= 11 is 0. The first-order valence-electron chi connectivity index (χ1n) is 8.93. The van der Waals surface area contributed by atoms with Gasteiger partial charge in [-0.2, -0.15) is 0 Å². The van der Waals surface area contributed by atoms with Crippen molar-refractivity contribution in [2.24, 2.45) is 5.73 Å². The van der Waals surface area contributed by atoms with Crippen LogP contribution in [-0.4, -0.2) is 31.4 Å². The molecule has 2 amide bonds. The Labute approximate surface area is 160 Å². The highest BCUT2D eigenvalue weighted by molar-refractivity contribution is 5.97. The molecule has 1 aliphatic rings. The van der Waals surface area contributed by atoms with Crippen LogP contribution in [-0.2, 0) is 16.0 Å². The molecule has 0 unspecified atom stereocenters. The van der Waals surface area contributed by atoms with Crippen molar-refractivity contribution in [3.63, 3.8) is 0 Å². The van der Waals surface area contributed by atoms with Gasteiger partial charge in [-0.05, 0) is 49.2 Å². The van der Waals surface area contributed by atoms with E-state index in [0.717, 1.165) is 12.1 Å². The highest BCUT2D eigenvalue weighted by atomic mass is 19.1. The van der Waals surface area contributed by atoms with Crippen LogP contribution in [0.5, 0.6) is 0 Å². The molecule has 3 rings (SSSR count). The number of amides is 2. The molecule has 1 aliphatic heterocycles. The van der Waals surface area contributed by atoms with Crippen LogP contribution in [0, 0.1) is 17.5 Å². The van der Waals surface area contributed by atoms with Crippen LogP contribution < -0.4 is 15.5 Å². The maximum absolute atomic E-state index is 14.3. The van der Waals surface area contributed by atoms with Crippen molar-refractivity contribution in [1.29, 1.82) is 0 Å². The first-order chi connectivity index (χ1) is 13.4. The minimum absolute atomic E-state index is 0.00608. The maximum atomic E-state index is 14.3. The van der Waals surface area contributed by atoms with E-state index >= 15 is 0 Å².